The van der Waals surface area contributed by atoms with E-state index >= 15 is 0 Å². The average molecular weight is 299 g/mol. The second-order valence-corrected chi connectivity index (χ2v) is 6.02. The van der Waals surface area contributed by atoms with Gasteiger partial charge in [0.15, 0.2) is 5.82 Å². The van der Waals surface area contributed by atoms with Gasteiger partial charge in [-0.15, -0.1) is 0 Å². The van der Waals surface area contributed by atoms with Crippen molar-refractivity contribution in [3.8, 4) is 11.4 Å². The predicted molar refractivity (Wildman–Crippen MR) is 91.0 cm³/mol. The molecule has 5 nitrogen and oxygen atoms in total. The summed E-state index contributed by atoms with van der Waals surface area (Å²) in [4.78, 5) is 17.9. The highest BCUT2D eigenvalue weighted by molar-refractivity contribution is 5.57. The lowest BCUT2D eigenvalue weighted by Gasteiger charge is -2.29. The normalized spacial score (nSPS) is 11.2. The highest BCUT2D eigenvalue weighted by Gasteiger charge is 2.14. The van der Waals surface area contributed by atoms with E-state index in [9.17, 15) is 0 Å². The van der Waals surface area contributed by atoms with Crippen LogP contribution in [0.25, 0.3) is 11.4 Å². The number of nitrogens with zero attached hydrogens (tertiary/aromatic N) is 5. The van der Waals surface area contributed by atoms with E-state index in [1.165, 1.54) is 0 Å². The number of likely N-dealkylation sites (N-methyl/N-ethyl adjacent to an activating group) is 1. The number of aromatic nitrogens is 3. The zero-order valence-corrected chi connectivity index (χ0v) is 14.1. The average Bonchev–Trinajstić information content (AvgIpc) is 2.47. The first-order valence-corrected chi connectivity index (χ1v) is 7.65. The largest absolute Gasteiger partial charge is 0.353 e. The van der Waals surface area contributed by atoms with Crippen LogP contribution in [0, 0.1) is 6.92 Å². The lowest BCUT2D eigenvalue weighted by atomic mass is 10.2. The molecule has 0 saturated carbocycles. The predicted octanol–water partition coefficient (Wildman–Crippen LogP) is 2.62. The Morgan fingerprint density at radius 2 is 1.73 bits per heavy atom. The Balaban J connectivity index is 2.35. The van der Waals surface area contributed by atoms with Crippen molar-refractivity contribution in [2.24, 2.45) is 0 Å². The highest BCUT2D eigenvalue weighted by Crippen LogP contribution is 2.21. The van der Waals surface area contributed by atoms with E-state index in [0.717, 1.165) is 36.0 Å². The first kappa shape index (κ1) is 16.4. The Hall–Kier alpha value is -2.01. The first-order valence-electron chi connectivity index (χ1n) is 7.65. The van der Waals surface area contributed by atoms with E-state index in [0.29, 0.717) is 6.04 Å². The topological polar surface area (TPSA) is 45.2 Å². The molecule has 0 N–H and O–H groups in total. The molecule has 0 fully saturated rings. The monoisotopic (exact) mass is 299 g/mol. The van der Waals surface area contributed by atoms with E-state index in [-0.39, 0.29) is 0 Å². The van der Waals surface area contributed by atoms with Crippen molar-refractivity contribution in [1.29, 1.82) is 0 Å². The number of aryl methyl sites for hydroxylation is 1. The maximum absolute atomic E-state index is 4.77. The van der Waals surface area contributed by atoms with Gasteiger partial charge in [0, 0.05) is 48.8 Å². The summed E-state index contributed by atoms with van der Waals surface area (Å²) in [7, 11) is 4.18. The number of pyridine rings is 1. The highest BCUT2D eigenvalue weighted by atomic mass is 15.2. The van der Waals surface area contributed by atoms with Crippen molar-refractivity contribution < 1.29 is 0 Å². The van der Waals surface area contributed by atoms with Crippen molar-refractivity contribution in [1.82, 2.24) is 19.9 Å². The van der Waals surface area contributed by atoms with Crippen LogP contribution < -0.4 is 4.90 Å². The number of hydrogen-bond acceptors (Lipinski definition) is 5. The molecule has 2 aromatic rings. The third-order valence-corrected chi connectivity index (χ3v) is 3.48. The minimum absolute atomic E-state index is 0.388. The molecular weight excluding hydrogens is 274 g/mol. The van der Waals surface area contributed by atoms with E-state index in [2.05, 4.69) is 53.8 Å². The molecule has 2 heterocycles. The summed E-state index contributed by atoms with van der Waals surface area (Å²) in [6.07, 6.45) is 3.54. The first-order chi connectivity index (χ1) is 10.5. The van der Waals surface area contributed by atoms with Gasteiger partial charge in [-0.3, -0.25) is 4.98 Å². The molecule has 118 valence electrons. The lowest BCUT2D eigenvalue weighted by molar-refractivity contribution is 0.407. The summed E-state index contributed by atoms with van der Waals surface area (Å²) in [5.41, 5.74) is 1.98. The molecule has 22 heavy (non-hydrogen) atoms. The van der Waals surface area contributed by atoms with Gasteiger partial charge in [0.1, 0.15) is 5.82 Å². The van der Waals surface area contributed by atoms with Crippen LogP contribution in [0.4, 0.5) is 5.82 Å². The third-order valence-electron chi connectivity index (χ3n) is 3.48. The molecule has 0 radical (unpaired) electrons. The Morgan fingerprint density at radius 1 is 1.05 bits per heavy atom. The van der Waals surface area contributed by atoms with Gasteiger partial charge in [-0.1, -0.05) is 0 Å². The molecule has 0 saturated heterocycles. The quantitative estimate of drug-likeness (QED) is 0.820. The van der Waals surface area contributed by atoms with Gasteiger partial charge >= 0.3 is 0 Å². The maximum Gasteiger partial charge on any atom is 0.161 e. The Kier molecular flexibility index (Phi) is 5.44. The van der Waals surface area contributed by atoms with Crippen molar-refractivity contribution in [2.45, 2.75) is 26.8 Å². The minimum Gasteiger partial charge on any atom is -0.353 e. The summed E-state index contributed by atoms with van der Waals surface area (Å²) >= 11 is 0. The molecule has 5 heteroatoms. The molecule has 0 aliphatic heterocycles. The summed E-state index contributed by atoms with van der Waals surface area (Å²) in [6, 6.07) is 6.33. The minimum atomic E-state index is 0.388. The van der Waals surface area contributed by atoms with Crippen molar-refractivity contribution >= 4 is 5.82 Å². The van der Waals surface area contributed by atoms with E-state index in [1.807, 2.05) is 19.1 Å². The van der Waals surface area contributed by atoms with Gasteiger partial charge in [0.25, 0.3) is 0 Å². The zero-order valence-electron chi connectivity index (χ0n) is 14.1. The van der Waals surface area contributed by atoms with Crippen LogP contribution in [0.3, 0.4) is 0 Å². The summed E-state index contributed by atoms with van der Waals surface area (Å²) in [5, 5.41) is 0. The second-order valence-electron chi connectivity index (χ2n) is 6.02. The van der Waals surface area contributed by atoms with Gasteiger partial charge in [-0.05, 0) is 47.0 Å². The number of rotatable bonds is 6. The Labute approximate surface area is 133 Å². The fourth-order valence-corrected chi connectivity index (χ4v) is 2.27. The van der Waals surface area contributed by atoms with Crippen LogP contribution in [-0.4, -0.2) is 53.1 Å². The van der Waals surface area contributed by atoms with Gasteiger partial charge < -0.3 is 9.80 Å². The molecule has 0 atom stereocenters. The maximum atomic E-state index is 4.77. The van der Waals surface area contributed by atoms with Crippen LogP contribution >= 0.6 is 0 Å². The smallest absolute Gasteiger partial charge is 0.161 e. The molecule has 0 amide bonds. The lowest BCUT2D eigenvalue weighted by Crippen LogP contribution is -2.37. The molecule has 0 aliphatic rings. The summed E-state index contributed by atoms with van der Waals surface area (Å²) in [6.45, 7) is 8.33. The molecule has 0 spiro atoms. The van der Waals surface area contributed by atoms with E-state index < -0.39 is 0 Å². The third kappa shape index (κ3) is 4.24. The van der Waals surface area contributed by atoms with Crippen LogP contribution in [0.1, 0.15) is 19.5 Å². The van der Waals surface area contributed by atoms with Gasteiger partial charge in [-0.2, -0.15) is 0 Å². The number of anilines is 1. The van der Waals surface area contributed by atoms with E-state index in [4.69, 9.17) is 4.98 Å². The van der Waals surface area contributed by atoms with Crippen LogP contribution in [0.5, 0.6) is 0 Å². The number of hydrogen-bond donors (Lipinski definition) is 0. The molecular formula is C17H25N5. The molecule has 2 rings (SSSR count). The van der Waals surface area contributed by atoms with Crippen LogP contribution in [0.15, 0.2) is 30.6 Å². The van der Waals surface area contributed by atoms with E-state index in [1.54, 1.807) is 12.4 Å². The standard InChI is InChI=1S/C17H25N5/c1-13(2)22(11-10-21(4)5)16-12-14(3)19-17(20-16)15-6-8-18-9-7-15/h6-9,12-13H,10-11H2,1-5H3. The molecule has 0 aromatic carbocycles. The van der Waals surface area contributed by atoms with Crippen LogP contribution in [-0.2, 0) is 0 Å². The molecule has 0 bridgehead atoms. The summed E-state index contributed by atoms with van der Waals surface area (Å²) < 4.78 is 0. The molecule has 0 unspecified atom stereocenters. The fourth-order valence-electron chi connectivity index (χ4n) is 2.27. The van der Waals surface area contributed by atoms with Crippen molar-refractivity contribution in [2.75, 3.05) is 32.1 Å². The Morgan fingerprint density at radius 3 is 2.32 bits per heavy atom. The fraction of sp³-hybridized carbons (Fsp3) is 0.471. The van der Waals surface area contributed by atoms with Crippen LogP contribution in [0.2, 0.25) is 0 Å². The summed E-state index contributed by atoms with van der Waals surface area (Å²) in [5.74, 6) is 1.74. The van der Waals surface area contributed by atoms with Crippen molar-refractivity contribution in [3.05, 3.63) is 36.3 Å². The van der Waals surface area contributed by atoms with Gasteiger partial charge in [0.05, 0.1) is 0 Å². The zero-order chi connectivity index (χ0) is 16.1. The SMILES string of the molecule is Cc1cc(N(CCN(C)C)C(C)C)nc(-c2ccncc2)n1. The van der Waals surface area contributed by atoms with Gasteiger partial charge in [-0.25, -0.2) is 9.97 Å². The second kappa shape index (κ2) is 7.31. The molecule has 0 aliphatic carbocycles. The Bertz CT molecular complexity index is 595. The molecule has 2 aromatic heterocycles. The van der Waals surface area contributed by atoms with Gasteiger partial charge in [0.2, 0.25) is 0 Å². The van der Waals surface area contributed by atoms with Crippen molar-refractivity contribution in [3.63, 3.8) is 0 Å².